The molecule has 1 aliphatic rings. The Balaban J connectivity index is 0.00000308. The number of rotatable bonds is 17. The second-order valence-electron chi connectivity index (χ2n) is 12.9. The van der Waals surface area contributed by atoms with Crippen LogP contribution in [0.2, 0.25) is 0 Å². The number of carbonyl (C=O) groups is 4. The van der Waals surface area contributed by atoms with Gasteiger partial charge in [-0.2, -0.15) is 12.6 Å². The lowest BCUT2D eigenvalue weighted by molar-refractivity contribution is -0.136. The van der Waals surface area contributed by atoms with Gasteiger partial charge in [0.2, 0.25) is 5.91 Å². The maximum atomic E-state index is 13.0. The van der Waals surface area contributed by atoms with E-state index in [1.165, 1.54) is 11.1 Å². The summed E-state index contributed by atoms with van der Waals surface area (Å²) >= 11 is 4.24. The molecule has 10 heteroatoms. The van der Waals surface area contributed by atoms with Crippen LogP contribution >= 0.6 is 12.6 Å². The summed E-state index contributed by atoms with van der Waals surface area (Å²) in [6, 6.07) is 30.7. The quantitative estimate of drug-likeness (QED) is 0.0554. The van der Waals surface area contributed by atoms with Crippen molar-refractivity contribution in [1.82, 2.24) is 16.0 Å². The minimum absolute atomic E-state index is 0.0298. The lowest BCUT2D eigenvalue weighted by Crippen LogP contribution is -2.44. The molecule has 1 aliphatic carbocycles. The molecule has 4 N–H and O–H groups in total. The van der Waals surface area contributed by atoms with E-state index >= 15 is 0 Å². The predicted octanol–water partition coefficient (Wildman–Crippen LogP) is 7.85. The summed E-state index contributed by atoms with van der Waals surface area (Å²) in [4.78, 5) is 49.7. The number of hydrogen-bond donors (Lipinski definition) is 5. The van der Waals surface area contributed by atoms with E-state index in [4.69, 9.17) is 4.74 Å². The van der Waals surface area contributed by atoms with Crippen molar-refractivity contribution < 1.29 is 29.0 Å². The van der Waals surface area contributed by atoms with Gasteiger partial charge in [0.1, 0.15) is 11.9 Å². The molecular formula is C43H51N3O6S. The highest BCUT2D eigenvalue weighted by Gasteiger charge is 2.29. The fraction of sp³-hybridized carbons (Fsp3) is 0.349. The average molecular weight is 738 g/mol. The van der Waals surface area contributed by atoms with Crippen LogP contribution in [-0.2, 0) is 27.3 Å². The molecule has 0 saturated heterocycles. The number of aliphatic carboxylic acids is 1. The molecule has 3 amide bonds. The molecule has 4 aromatic carbocycles. The van der Waals surface area contributed by atoms with Crippen LogP contribution in [0, 0.1) is 6.92 Å². The van der Waals surface area contributed by atoms with E-state index in [-0.39, 0.29) is 18.4 Å². The monoisotopic (exact) mass is 737 g/mol. The zero-order valence-corrected chi connectivity index (χ0v) is 31.7. The number of benzene rings is 4. The van der Waals surface area contributed by atoms with Crippen LogP contribution in [0.5, 0.6) is 0 Å². The molecule has 2 unspecified atom stereocenters. The number of alkyl carbamates (subject to hydrolysis) is 1. The first-order valence-corrected chi connectivity index (χ1v) is 18.9. The zero-order valence-electron chi connectivity index (χ0n) is 30.8. The fourth-order valence-electron chi connectivity index (χ4n) is 6.33. The fourth-order valence-corrected chi connectivity index (χ4v) is 6.56. The Morgan fingerprint density at radius 3 is 2.00 bits per heavy atom. The van der Waals surface area contributed by atoms with Gasteiger partial charge < -0.3 is 25.8 Å². The topological polar surface area (TPSA) is 134 Å². The van der Waals surface area contributed by atoms with E-state index < -0.39 is 29.3 Å². The van der Waals surface area contributed by atoms with Crippen LogP contribution < -0.4 is 16.0 Å². The first kappa shape index (κ1) is 40.7. The molecule has 0 heterocycles. The van der Waals surface area contributed by atoms with Gasteiger partial charge >= 0.3 is 12.1 Å². The third-order valence-corrected chi connectivity index (χ3v) is 9.78. The Hall–Kier alpha value is -5.09. The third kappa shape index (κ3) is 12.0. The predicted molar refractivity (Wildman–Crippen MR) is 212 cm³/mol. The summed E-state index contributed by atoms with van der Waals surface area (Å²) in [5.74, 6) is -1.61. The average Bonchev–Trinajstić information content (AvgIpc) is 3.50. The van der Waals surface area contributed by atoms with E-state index in [0.29, 0.717) is 44.3 Å². The van der Waals surface area contributed by atoms with Crippen LogP contribution in [0.1, 0.15) is 90.0 Å². The first-order valence-electron chi connectivity index (χ1n) is 18.4. The van der Waals surface area contributed by atoms with E-state index in [0.717, 1.165) is 40.7 Å². The molecule has 280 valence electrons. The number of nitrogens with one attached hydrogen (secondary N) is 3. The molecule has 0 radical (unpaired) electrons. The summed E-state index contributed by atoms with van der Waals surface area (Å²) in [6.45, 7) is 6.95. The molecule has 2 atom stereocenters. The van der Waals surface area contributed by atoms with E-state index in [2.05, 4.69) is 77.1 Å². The summed E-state index contributed by atoms with van der Waals surface area (Å²) in [6.07, 6.45) is 2.97. The molecule has 9 nitrogen and oxygen atoms in total. The number of aryl methyl sites for hydroxylation is 2. The highest BCUT2D eigenvalue weighted by atomic mass is 32.1. The van der Waals surface area contributed by atoms with Gasteiger partial charge in [0.05, 0.1) is 6.04 Å². The van der Waals surface area contributed by atoms with Crippen LogP contribution in [-0.4, -0.2) is 53.4 Å². The Labute approximate surface area is 318 Å². The van der Waals surface area contributed by atoms with E-state index in [1.54, 1.807) is 24.3 Å². The number of amides is 3. The standard InChI is InChI=1S/C41H45N3O6S.C2H6/c1-27-16-18-28(19-17-27)9-8-15-37(45)43-25-29-20-22-30(23-21-29)39(46)44-36(38(51)40(47)48)14-6-7-24-42-41(49)50-26-35-33-12-4-2-10-31(33)32-11-3-5-13-34(32)35;1-2/h2-5,10-13,16-23,35-36,38,51H,6-9,14-15,24-26H2,1H3,(H,42,49)(H,43,45)(H,44,46)(H,47,48);1-2H3. The summed E-state index contributed by atoms with van der Waals surface area (Å²) < 4.78 is 5.59. The number of unbranched alkanes of at least 4 members (excludes halogenated alkanes) is 1. The number of carbonyl (C=O) groups excluding carboxylic acids is 3. The van der Waals surface area contributed by atoms with Crippen LogP contribution in [0.3, 0.4) is 0 Å². The van der Waals surface area contributed by atoms with Crippen molar-refractivity contribution in [2.75, 3.05) is 13.2 Å². The zero-order chi connectivity index (χ0) is 38.2. The van der Waals surface area contributed by atoms with Crippen LogP contribution in [0.15, 0.2) is 97.1 Å². The molecular weight excluding hydrogens is 687 g/mol. The van der Waals surface area contributed by atoms with Gasteiger partial charge in [-0.15, -0.1) is 0 Å². The Morgan fingerprint density at radius 1 is 0.774 bits per heavy atom. The van der Waals surface area contributed by atoms with Crippen molar-refractivity contribution in [2.45, 2.75) is 83.1 Å². The van der Waals surface area contributed by atoms with Gasteiger partial charge in [-0.3, -0.25) is 14.4 Å². The van der Waals surface area contributed by atoms with Crippen LogP contribution in [0.25, 0.3) is 11.1 Å². The van der Waals surface area contributed by atoms with Crippen molar-refractivity contribution in [3.05, 3.63) is 130 Å². The summed E-state index contributed by atoms with van der Waals surface area (Å²) in [5.41, 5.74) is 8.23. The Morgan fingerprint density at radius 2 is 1.38 bits per heavy atom. The molecule has 53 heavy (non-hydrogen) atoms. The second kappa shape index (κ2) is 20.8. The second-order valence-corrected chi connectivity index (χ2v) is 13.5. The Kier molecular flexibility index (Phi) is 16.0. The van der Waals surface area contributed by atoms with Gasteiger partial charge in [-0.05, 0) is 84.5 Å². The molecule has 0 fully saturated rings. The molecule has 5 rings (SSSR count). The van der Waals surface area contributed by atoms with Crippen molar-refractivity contribution in [3.63, 3.8) is 0 Å². The first-order chi connectivity index (χ1) is 25.7. The molecule has 0 bridgehead atoms. The normalized spacial score (nSPS) is 12.6. The molecule has 4 aromatic rings. The molecule has 0 aromatic heterocycles. The lowest BCUT2D eigenvalue weighted by atomic mass is 9.98. The Bertz CT molecular complexity index is 1770. The number of fused-ring (bicyclic) bond motifs is 3. The SMILES string of the molecule is CC.Cc1ccc(CCCC(=O)NCc2ccc(C(=O)NC(CCCCNC(=O)OCC3c4ccccc4-c4ccccc43)C(S)C(=O)O)cc2)cc1. The maximum absolute atomic E-state index is 13.0. The van der Waals surface area contributed by atoms with Crippen molar-refractivity contribution in [1.29, 1.82) is 0 Å². The van der Waals surface area contributed by atoms with E-state index in [1.807, 2.05) is 45.0 Å². The highest BCUT2D eigenvalue weighted by molar-refractivity contribution is 7.81. The molecule has 0 spiro atoms. The minimum atomic E-state index is -1.13. The third-order valence-electron chi connectivity index (χ3n) is 9.20. The highest BCUT2D eigenvalue weighted by Crippen LogP contribution is 2.44. The number of hydrogen-bond acceptors (Lipinski definition) is 6. The number of thiol groups is 1. The largest absolute Gasteiger partial charge is 0.480 e. The van der Waals surface area contributed by atoms with Gasteiger partial charge in [0.15, 0.2) is 0 Å². The smallest absolute Gasteiger partial charge is 0.407 e. The molecule has 0 saturated carbocycles. The minimum Gasteiger partial charge on any atom is -0.480 e. The maximum Gasteiger partial charge on any atom is 0.407 e. The van der Waals surface area contributed by atoms with Crippen molar-refractivity contribution in [2.24, 2.45) is 0 Å². The number of carboxylic acids is 1. The van der Waals surface area contributed by atoms with Crippen molar-refractivity contribution >= 4 is 36.5 Å². The van der Waals surface area contributed by atoms with Crippen LogP contribution in [0.4, 0.5) is 4.79 Å². The van der Waals surface area contributed by atoms with Gasteiger partial charge in [-0.1, -0.05) is 104 Å². The lowest BCUT2D eigenvalue weighted by Gasteiger charge is -2.22. The summed E-state index contributed by atoms with van der Waals surface area (Å²) in [5, 5.41) is 17.0. The number of ether oxygens (including phenoxy) is 1. The van der Waals surface area contributed by atoms with Gasteiger partial charge in [-0.25, -0.2) is 4.79 Å². The van der Waals surface area contributed by atoms with Gasteiger partial charge in [0, 0.05) is 31.0 Å². The van der Waals surface area contributed by atoms with E-state index in [9.17, 15) is 24.3 Å². The number of carboxylic acid groups (broad SMARTS) is 1. The van der Waals surface area contributed by atoms with Gasteiger partial charge in [0.25, 0.3) is 5.91 Å². The van der Waals surface area contributed by atoms with Crippen molar-refractivity contribution in [3.8, 4) is 11.1 Å². The molecule has 0 aliphatic heterocycles. The summed E-state index contributed by atoms with van der Waals surface area (Å²) in [7, 11) is 0.